The number of amides is 1. The molecule has 3 rings (SSSR count). The van der Waals surface area contributed by atoms with Crippen LogP contribution in [0.5, 0.6) is 11.5 Å². The minimum Gasteiger partial charge on any atom is -0.497 e. The predicted octanol–water partition coefficient (Wildman–Crippen LogP) is 3.24. The molecule has 0 saturated carbocycles. The van der Waals surface area contributed by atoms with E-state index in [0.717, 1.165) is 28.9 Å². The highest BCUT2D eigenvalue weighted by molar-refractivity contribution is 5.92. The lowest BCUT2D eigenvalue weighted by Crippen LogP contribution is -2.34. The van der Waals surface area contributed by atoms with Crippen molar-refractivity contribution in [2.45, 2.75) is 19.9 Å². The fourth-order valence-corrected chi connectivity index (χ4v) is 3.14. The average Bonchev–Trinajstić information content (AvgIpc) is 2.76. The first-order valence-electron chi connectivity index (χ1n) is 9.60. The van der Waals surface area contributed by atoms with Gasteiger partial charge in [0.25, 0.3) is 0 Å². The molecule has 1 aliphatic rings. The molecule has 0 unspecified atom stereocenters. The van der Waals surface area contributed by atoms with Crippen molar-refractivity contribution in [3.05, 3.63) is 65.2 Å². The van der Waals surface area contributed by atoms with Gasteiger partial charge in [-0.15, -0.1) is 0 Å². The number of carbonyl (C=O) groups excluding carboxylic acids is 2. The van der Waals surface area contributed by atoms with Crippen LogP contribution in [-0.2, 0) is 27.3 Å². The van der Waals surface area contributed by atoms with Crippen LogP contribution in [0.3, 0.4) is 0 Å². The van der Waals surface area contributed by atoms with Crippen LogP contribution in [-0.4, -0.2) is 43.6 Å². The highest BCUT2D eigenvalue weighted by Crippen LogP contribution is 2.24. The van der Waals surface area contributed by atoms with Crippen molar-refractivity contribution in [1.82, 2.24) is 4.90 Å². The van der Waals surface area contributed by atoms with Gasteiger partial charge in [-0.05, 0) is 60.4 Å². The third-order valence-electron chi connectivity index (χ3n) is 4.70. The Labute approximate surface area is 170 Å². The number of ether oxygens (including phenoxy) is 3. The molecule has 0 N–H and O–H groups in total. The van der Waals surface area contributed by atoms with Crippen LogP contribution in [0.1, 0.15) is 23.6 Å². The number of hydrogen-bond acceptors (Lipinski definition) is 5. The quantitative estimate of drug-likeness (QED) is 0.532. The Balaban J connectivity index is 1.57. The molecule has 0 atom stereocenters. The second-order valence-electron chi connectivity index (χ2n) is 6.64. The van der Waals surface area contributed by atoms with Gasteiger partial charge < -0.3 is 19.1 Å². The van der Waals surface area contributed by atoms with Crippen LogP contribution >= 0.6 is 0 Å². The third-order valence-corrected chi connectivity index (χ3v) is 4.70. The maximum absolute atomic E-state index is 12.5. The van der Waals surface area contributed by atoms with Gasteiger partial charge >= 0.3 is 5.97 Å². The SMILES string of the molecule is CCOC(=O)COc1ccc2c(c1)CCN(C(=O)/C=C/c1ccc(OC)cc1)C2. The van der Waals surface area contributed by atoms with E-state index in [4.69, 9.17) is 14.2 Å². The van der Waals surface area contributed by atoms with Gasteiger partial charge in [-0.2, -0.15) is 0 Å². The Morgan fingerprint density at radius 1 is 1.07 bits per heavy atom. The molecule has 1 amide bonds. The highest BCUT2D eigenvalue weighted by atomic mass is 16.6. The minimum absolute atomic E-state index is 0.0193. The van der Waals surface area contributed by atoms with Crippen molar-refractivity contribution in [1.29, 1.82) is 0 Å². The lowest BCUT2D eigenvalue weighted by molar-refractivity contribution is -0.145. The number of carbonyl (C=O) groups is 2. The van der Waals surface area contributed by atoms with Crippen molar-refractivity contribution in [2.24, 2.45) is 0 Å². The molecular weight excluding hydrogens is 370 g/mol. The van der Waals surface area contributed by atoms with Crippen molar-refractivity contribution in [3.8, 4) is 11.5 Å². The monoisotopic (exact) mass is 395 g/mol. The molecule has 2 aromatic carbocycles. The molecule has 6 nitrogen and oxygen atoms in total. The van der Waals surface area contributed by atoms with Crippen LogP contribution in [0, 0.1) is 0 Å². The van der Waals surface area contributed by atoms with E-state index in [1.165, 1.54) is 0 Å². The third kappa shape index (κ3) is 5.60. The van der Waals surface area contributed by atoms with Crippen LogP contribution < -0.4 is 9.47 Å². The number of methoxy groups -OCH3 is 1. The molecule has 0 saturated heterocycles. The molecule has 152 valence electrons. The lowest BCUT2D eigenvalue weighted by atomic mass is 9.99. The first-order valence-corrected chi connectivity index (χ1v) is 9.60. The zero-order chi connectivity index (χ0) is 20.6. The molecule has 1 heterocycles. The Hall–Kier alpha value is -3.28. The van der Waals surface area contributed by atoms with E-state index in [9.17, 15) is 9.59 Å². The second kappa shape index (κ2) is 9.78. The van der Waals surface area contributed by atoms with E-state index in [1.54, 1.807) is 20.1 Å². The standard InChI is InChI=1S/C23H25NO5/c1-3-28-23(26)16-29-21-10-7-19-15-24(13-12-18(19)14-21)22(25)11-6-17-4-8-20(27-2)9-5-17/h4-11,14H,3,12-13,15-16H2,1-2H3/b11-6+. The summed E-state index contributed by atoms with van der Waals surface area (Å²) in [5.41, 5.74) is 3.17. The average molecular weight is 395 g/mol. The molecular formula is C23H25NO5. The van der Waals surface area contributed by atoms with E-state index in [1.807, 2.05) is 53.4 Å². The smallest absolute Gasteiger partial charge is 0.344 e. The van der Waals surface area contributed by atoms with Crippen molar-refractivity contribution in [3.63, 3.8) is 0 Å². The van der Waals surface area contributed by atoms with Gasteiger partial charge in [-0.1, -0.05) is 18.2 Å². The Kier molecular flexibility index (Phi) is 6.89. The number of benzene rings is 2. The molecule has 1 aliphatic heterocycles. The topological polar surface area (TPSA) is 65.1 Å². The molecule has 0 aliphatic carbocycles. The number of fused-ring (bicyclic) bond motifs is 1. The van der Waals surface area contributed by atoms with E-state index < -0.39 is 0 Å². The van der Waals surface area contributed by atoms with Gasteiger partial charge in [0.05, 0.1) is 13.7 Å². The van der Waals surface area contributed by atoms with E-state index >= 15 is 0 Å². The predicted molar refractivity (Wildman–Crippen MR) is 110 cm³/mol. The van der Waals surface area contributed by atoms with Crippen molar-refractivity contribution in [2.75, 3.05) is 26.9 Å². The first kappa shape index (κ1) is 20.5. The van der Waals surface area contributed by atoms with Gasteiger partial charge in [-0.25, -0.2) is 4.79 Å². The first-order chi connectivity index (χ1) is 14.1. The summed E-state index contributed by atoms with van der Waals surface area (Å²) in [6.07, 6.45) is 4.15. The number of rotatable bonds is 7. The normalized spacial score (nSPS) is 13.1. The fourth-order valence-electron chi connectivity index (χ4n) is 3.14. The second-order valence-corrected chi connectivity index (χ2v) is 6.64. The molecule has 0 spiro atoms. The maximum atomic E-state index is 12.5. The maximum Gasteiger partial charge on any atom is 0.344 e. The summed E-state index contributed by atoms with van der Waals surface area (Å²) in [5.74, 6) is 1.02. The number of esters is 1. The summed E-state index contributed by atoms with van der Waals surface area (Å²) in [7, 11) is 1.62. The summed E-state index contributed by atoms with van der Waals surface area (Å²) < 4.78 is 15.5. The summed E-state index contributed by atoms with van der Waals surface area (Å²) in [6.45, 7) is 3.19. The summed E-state index contributed by atoms with van der Waals surface area (Å²) in [6, 6.07) is 13.2. The van der Waals surface area contributed by atoms with Crippen LogP contribution in [0.25, 0.3) is 6.08 Å². The Morgan fingerprint density at radius 3 is 2.55 bits per heavy atom. The molecule has 0 radical (unpaired) electrons. The number of nitrogens with zero attached hydrogens (tertiary/aromatic N) is 1. The molecule has 0 aromatic heterocycles. The summed E-state index contributed by atoms with van der Waals surface area (Å²) in [5, 5.41) is 0. The van der Waals surface area contributed by atoms with E-state index in [0.29, 0.717) is 25.4 Å². The van der Waals surface area contributed by atoms with Gasteiger partial charge in [0.15, 0.2) is 6.61 Å². The van der Waals surface area contributed by atoms with Gasteiger partial charge in [0.2, 0.25) is 5.91 Å². The molecule has 0 fully saturated rings. The van der Waals surface area contributed by atoms with E-state index in [2.05, 4.69) is 0 Å². The summed E-state index contributed by atoms with van der Waals surface area (Å²) >= 11 is 0. The molecule has 2 aromatic rings. The van der Waals surface area contributed by atoms with Gasteiger partial charge in [-0.3, -0.25) is 4.79 Å². The fraction of sp³-hybridized carbons (Fsp3) is 0.304. The Morgan fingerprint density at radius 2 is 1.83 bits per heavy atom. The Bertz CT molecular complexity index is 889. The molecule has 29 heavy (non-hydrogen) atoms. The van der Waals surface area contributed by atoms with Gasteiger partial charge in [0.1, 0.15) is 11.5 Å². The zero-order valence-electron chi connectivity index (χ0n) is 16.7. The van der Waals surface area contributed by atoms with Crippen molar-refractivity contribution >= 4 is 18.0 Å². The highest BCUT2D eigenvalue weighted by Gasteiger charge is 2.19. The lowest BCUT2D eigenvalue weighted by Gasteiger charge is -2.28. The zero-order valence-corrected chi connectivity index (χ0v) is 16.7. The number of hydrogen-bond donors (Lipinski definition) is 0. The molecule has 6 heteroatoms. The van der Waals surface area contributed by atoms with Crippen LogP contribution in [0.15, 0.2) is 48.5 Å². The van der Waals surface area contributed by atoms with Crippen LogP contribution in [0.4, 0.5) is 0 Å². The molecule has 0 bridgehead atoms. The van der Waals surface area contributed by atoms with Crippen LogP contribution in [0.2, 0.25) is 0 Å². The van der Waals surface area contributed by atoms with Gasteiger partial charge in [0, 0.05) is 19.2 Å². The largest absolute Gasteiger partial charge is 0.497 e. The summed E-state index contributed by atoms with van der Waals surface area (Å²) in [4.78, 5) is 25.8. The van der Waals surface area contributed by atoms with E-state index in [-0.39, 0.29) is 18.5 Å². The minimum atomic E-state index is -0.384. The van der Waals surface area contributed by atoms with Crippen molar-refractivity contribution < 1.29 is 23.8 Å².